The smallest absolute Gasteiger partial charge is 0.343 e. The molecule has 8 nitrogen and oxygen atoms in total. The number of esters is 1. The van der Waals surface area contributed by atoms with Crippen molar-refractivity contribution < 1.29 is 23.9 Å². The van der Waals surface area contributed by atoms with E-state index in [1.807, 2.05) is 49.4 Å². The van der Waals surface area contributed by atoms with Crippen LogP contribution in [0.15, 0.2) is 76.3 Å². The number of carbonyl (C=O) groups is 3. The van der Waals surface area contributed by atoms with E-state index in [2.05, 4.69) is 31.8 Å². The molecule has 184 valence electrons. The van der Waals surface area contributed by atoms with Gasteiger partial charge in [0.2, 0.25) is 5.91 Å². The molecule has 1 aliphatic rings. The quantitative estimate of drug-likeness (QED) is 0.152. The van der Waals surface area contributed by atoms with Crippen molar-refractivity contribution >= 4 is 39.9 Å². The monoisotopic (exact) mass is 549 g/mol. The van der Waals surface area contributed by atoms with E-state index in [9.17, 15) is 14.4 Å². The molecule has 0 spiro atoms. The molecule has 1 heterocycles. The molecule has 1 aliphatic heterocycles. The molecule has 3 aromatic carbocycles. The highest BCUT2D eigenvalue weighted by Crippen LogP contribution is 2.37. The van der Waals surface area contributed by atoms with Gasteiger partial charge in [-0.2, -0.15) is 5.10 Å². The Bertz CT molecular complexity index is 1310. The Hall–Kier alpha value is -3.98. The predicted octanol–water partition coefficient (Wildman–Crippen LogP) is 3.97. The van der Waals surface area contributed by atoms with Gasteiger partial charge in [0.05, 0.1) is 23.4 Å². The Morgan fingerprint density at radius 3 is 2.53 bits per heavy atom. The third-order valence-corrected chi connectivity index (χ3v) is 6.40. The lowest BCUT2D eigenvalue weighted by atomic mass is 9.88. The number of carbonyl (C=O) groups excluding carboxylic acids is 3. The number of aryl methyl sites for hydroxylation is 1. The summed E-state index contributed by atoms with van der Waals surface area (Å²) < 4.78 is 11.4. The molecule has 9 heteroatoms. The molecule has 2 unspecified atom stereocenters. The van der Waals surface area contributed by atoms with Crippen molar-refractivity contribution in [1.82, 2.24) is 10.7 Å². The Balaban J connectivity index is 1.46. The van der Waals surface area contributed by atoms with Crippen LogP contribution in [0.2, 0.25) is 0 Å². The maximum Gasteiger partial charge on any atom is 0.343 e. The second-order valence-corrected chi connectivity index (χ2v) is 9.12. The van der Waals surface area contributed by atoms with Crippen molar-refractivity contribution in [2.45, 2.75) is 12.8 Å². The van der Waals surface area contributed by atoms with E-state index >= 15 is 0 Å². The van der Waals surface area contributed by atoms with E-state index in [0.29, 0.717) is 27.9 Å². The van der Waals surface area contributed by atoms with Crippen LogP contribution in [0.25, 0.3) is 0 Å². The van der Waals surface area contributed by atoms with Crippen LogP contribution < -0.4 is 20.2 Å². The summed E-state index contributed by atoms with van der Waals surface area (Å²) in [6, 6.07) is 19.7. The molecule has 1 fully saturated rings. The second kappa shape index (κ2) is 11.2. The van der Waals surface area contributed by atoms with Crippen molar-refractivity contribution in [1.29, 1.82) is 0 Å². The van der Waals surface area contributed by atoms with E-state index in [-0.39, 0.29) is 17.6 Å². The maximum absolute atomic E-state index is 12.8. The minimum Gasteiger partial charge on any atom is -0.493 e. The zero-order valence-corrected chi connectivity index (χ0v) is 21.2. The first-order chi connectivity index (χ1) is 17.4. The number of hydrogen-bond donors (Lipinski definition) is 2. The summed E-state index contributed by atoms with van der Waals surface area (Å²) in [5.41, 5.74) is 5.38. The highest BCUT2D eigenvalue weighted by atomic mass is 79.9. The summed E-state index contributed by atoms with van der Waals surface area (Å²) in [5, 5.41) is 6.77. The van der Waals surface area contributed by atoms with E-state index in [4.69, 9.17) is 9.47 Å². The topological polar surface area (TPSA) is 106 Å². The lowest BCUT2D eigenvalue weighted by Gasteiger charge is -2.15. The van der Waals surface area contributed by atoms with Crippen LogP contribution in [0.3, 0.4) is 0 Å². The number of benzene rings is 3. The van der Waals surface area contributed by atoms with E-state index in [0.717, 1.165) is 11.1 Å². The average molecular weight is 550 g/mol. The molecule has 36 heavy (non-hydrogen) atoms. The minimum atomic E-state index is -0.880. The molecular weight excluding hydrogens is 526 g/mol. The van der Waals surface area contributed by atoms with Crippen molar-refractivity contribution in [3.05, 3.63) is 93.5 Å². The van der Waals surface area contributed by atoms with Gasteiger partial charge in [-0.3, -0.25) is 9.59 Å². The van der Waals surface area contributed by atoms with Gasteiger partial charge < -0.3 is 14.8 Å². The number of methoxy groups -OCH3 is 1. The summed E-state index contributed by atoms with van der Waals surface area (Å²) in [4.78, 5) is 37.6. The molecule has 0 saturated carbocycles. The third-order valence-electron chi connectivity index (χ3n) is 5.81. The van der Waals surface area contributed by atoms with Crippen LogP contribution in [-0.4, -0.2) is 37.7 Å². The van der Waals surface area contributed by atoms with Crippen LogP contribution in [-0.2, 0) is 9.59 Å². The summed E-state index contributed by atoms with van der Waals surface area (Å²) in [5.74, 6) is -1.98. The Morgan fingerprint density at radius 2 is 1.83 bits per heavy atom. The molecule has 3 aromatic rings. The van der Waals surface area contributed by atoms with Gasteiger partial charge in [-0.25, -0.2) is 10.2 Å². The fourth-order valence-electron chi connectivity index (χ4n) is 3.93. The number of hydrogen-bond acceptors (Lipinski definition) is 6. The molecule has 0 radical (unpaired) electrons. The largest absolute Gasteiger partial charge is 0.493 e. The summed E-state index contributed by atoms with van der Waals surface area (Å²) >= 11 is 3.41. The molecule has 0 aliphatic carbocycles. The fourth-order valence-corrected chi connectivity index (χ4v) is 4.47. The van der Waals surface area contributed by atoms with Crippen LogP contribution in [0.4, 0.5) is 0 Å². The lowest BCUT2D eigenvalue weighted by molar-refractivity contribution is -0.133. The molecule has 0 bridgehead atoms. The number of nitrogens with zero attached hydrogens (tertiary/aromatic N) is 1. The highest BCUT2D eigenvalue weighted by molar-refractivity contribution is 9.10. The molecule has 2 amide bonds. The molecular formula is C27H24BrN3O5. The van der Waals surface area contributed by atoms with Gasteiger partial charge >= 0.3 is 5.97 Å². The van der Waals surface area contributed by atoms with Crippen molar-refractivity contribution in [2.24, 2.45) is 11.0 Å². The first-order valence-corrected chi connectivity index (χ1v) is 12.0. The van der Waals surface area contributed by atoms with Gasteiger partial charge in [0, 0.05) is 12.5 Å². The van der Waals surface area contributed by atoms with Crippen molar-refractivity contribution in [3.8, 4) is 11.5 Å². The molecule has 2 N–H and O–H groups in total. The zero-order valence-electron chi connectivity index (χ0n) is 19.7. The molecule has 2 atom stereocenters. The van der Waals surface area contributed by atoms with Crippen molar-refractivity contribution in [3.63, 3.8) is 0 Å². The molecule has 0 aromatic heterocycles. The van der Waals surface area contributed by atoms with Crippen LogP contribution >= 0.6 is 15.9 Å². The van der Waals surface area contributed by atoms with Gasteiger partial charge in [-0.15, -0.1) is 0 Å². The number of amides is 2. The standard InChI is InChI=1S/C27H24BrN3O5/c1-16-8-10-19(11-9-16)27(34)36-24-21(28)12-17(13-22(24)35-2)14-30-31-26(33)23-20(15-29-25(23)32)18-6-4-3-5-7-18/h3-14,20,23H,15H2,1-2H3,(H,29,32)(H,31,33)/b30-14-. The minimum absolute atomic E-state index is 0.220. The SMILES string of the molecule is COc1cc(/C=N\NC(=O)C2C(=O)NCC2c2ccccc2)cc(Br)c1OC(=O)c1ccc(C)cc1. The highest BCUT2D eigenvalue weighted by Gasteiger charge is 2.40. The summed E-state index contributed by atoms with van der Waals surface area (Å²) in [6.07, 6.45) is 1.42. The molecule has 4 rings (SSSR count). The van der Waals surface area contributed by atoms with Gasteiger partial charge in [-0.05, 0) is 58.2 Å². The Kier molecular flexibility index (Phi) is 7.80. The predicted molar refractivity (Wildman–Crippen MR) is 138 cm³/mol. The Morgan fingerprint density at radius 1 is 1.11 bits per heavy atom. The van der Waals surface area contributed by atoms with E-state index in [1.165, 1.54) is 13.3 Å². The number of nitrogens with one attached hydrogen (secondary N) is 2. The zero-order chi connectivity index (χ0) is 25.7. The fraction of sp³-hybridized carbons (Fsp3) is 0.185. The lowest BCUT2D eigenvalue weighted by Crippen LogP contribution is -2.34. The third kappa shape index (κ3) is 5.63. The van der Waals surface area contributed by atoms with Gasteiger partial charge in [0.15, 0.2) is 11.5 Å². The number of halogens is 1. The maximum atomic E-state index is 12.8. The van der Waals surface area contributed by atoms with Gasteiger partial charge in [0.1, 0.15) is 5.92 Å². The van der Waals surface area contributed by atoms with Crippen molar-refractivity contribution in [2.75, 3.05) is 13.7 Å². The average Bonchev–Trinajstić information content (AvgIpc) is 3.27. The Labute approximate surface area is 216 Å². The summed E-state index contributed by atoms with van der Waals surface area (Å²) in [6.45, 7) is 2.32. The van der Waals surface area contributed by atoms with Gasteiger partial charge in [-0.1, -0.05) is 48.0 Å². The summed E-state index contributed by atoms with van der Waals surface area (Å²) in [7, 11) is 1.45. The van der Waals surface area contributed by atoms with Crippen LogP contribution in [0, 0.1) is 12.8 Å². The number of hydrazone groups is 1. The second-order valence-electron chi connectivity index (χ2n) is 8.26. The van der Waals surface area contributed by atoms with E-state index in [1.54, 1.807) is 24.3 Å². The van der Waals surface area contributed by atoms with Gasteiger partial charge in [0.25, 0.3) is 5.91 Å². The van der Waals surface area contributed by atoms with Crippen LogP contribution in [0.5, 0.6) is 11.5 Å². The first kappa shape index (κ1) is 25.1. The first-order valence-electron chi connectivity index (χ1n) is 11.2. The van der Waals surface area contributed by atoms with E-state index < -0.39 is 17.8 Å². The normalized spacial score (nSPS) is 17.0. The number of ether oxygens (including phenoxy) is 2. The number of rotatable bonds is 7. The molecule has 1 saturated heterocycles. The van der Waals surface area contributed by atoms with Crippen LogP contribution in [0.1, 0.15) is 33.0 Å².